The Hall–Kier alpha value is -0.670. The number of nitrogens with one attached hydrogen (secondary N) is 1. The molecule has 0 rings (SSSR count). The minimum absolute atomic E-state index is 0.242. The van der Waals surface area contributed by atoms with Gasteiger partial charge in [0, 0.05) is 0 Å². The molecule has 12 heavy (non-hydrogen) atoms. The summed E-state index contributed by atoms with van der Waals surface area (Å²) >= 11 is 0. The lowest BCUT2D eigenvalue weighted by molar-refractivity contribution is -0.110. The van der Waals surface area contributed by atoms with E-state index in [9.17, 15) is 13.6 Å². The highest BCUT2D eigenvalue weighted by atomic mass is 19.3. The van der Waals surface area contributed by atoms with Crippen LogP contribution in [0.2, 0.25) is 0 Å². The number of amides is 1. The predicted molar refractivity (Wildman–Crippen MR) is 45.3 cm³/mol. The van der Waals surface area contributed by atoms with Gasteiger partial charge in [-0.1, -0.05) is 33.1 Å². The van der Waals surface area contributed by atoms with Crippen LogP contribution in [-0.2, 0) is 4.79 Å². The summed E-state index contributed by atoms with van der Waals surface area (Å²) < 4.78 is 22.0. The first-order chi connectivity index (χ1) is 5.68. The number of hydrogen-bond donors (Lipinski definition) is 1. The SMILES string of the molecule is CCCCC.O=CNCC(F)F. The highest BCUT2D eigenvalue weighted by molar-refractivity contribution is 5.45. The Balaban J connectivity index is 0. The number of hydrogen-bond acceptors (Lipinski definition) is 1. The summed E-state index contributed by atoms with van der Waals surface area (Å²) in [6.45, 7) is 3.87. The van der Waals surface area contributed by atoms with Gasteiger partial charge >= 0.3 is 0 Å². The Labute approximate surface area is 72.3 Å². The lowest BCUT2D eigenvalue weighted by Gasteiger charge is -1.91. The highest BCUT2D eigenvalue weighted by Crippen LogP contribution is 1.88. The molecule has 0 aromatic carbocycles. The molecule has 0 radical (unpaired) electrons. The third-order valence-corrected chi connectivity index (χ3v) is 1.06. The van der Waals surface area contributed by atoms with E-state index in [-0.39, 0.29) is 6.41 Å². The minimum atomic E-state index is -2.44. The van der Waals surface area contributed by atoms with Crippen molar-refractivity contribution in [1.82, 2.24) is 5.32 Å². The Kier molecular flexibility index (Phi) is 15.0. The van der Waals surface area contributed by atoms with Gasteiger partial charge in [-0.2, -0.15) is 0 Å². The summed E-state index contributed by atoms with van der Waals surface area (Å²) in [7, 11) is 0. The van der Waals surface area contributed by atoms with Crippen LogP contribution in [-0.4, -0.2) is 19.4 Å². The number of alkyl halides is 2. The Morgan fingerprint density at radius 2 is 1.83 bits per heavy atom. The number of unbranched alkanes of at least 4 members (excludes halogenated alkanes) is 2. The van der Waals surface area contributed by atoms with Crippen LogP contribution < -0.4 is 5.32 Å². The van der Waals surface area contributed by atoms with Crippen molar-refractivity contribution in [3.05, 3.63) is 0 Å². The van der Waals surface area contributed by atoms with Crippen molar-refractivity contribution in [3.8, 4) is 0 Å². The molecule has 0 aliphatic rings. The van der Waals surface area contributed by atoms with E-state index in [0.717, 1.165) is 0 Å². The average Bonchev–Trinajstić information content (AvgIpc) is 2.03. The molecule has 0 fully saturated rings. The summed E-state index contributed by atoms with van der Waals surface area (Å²) in [5.41, 5.74) is 0. The van der Waals surface area contributed by atoms with E-state index in [4.69, 9.17) is 0 Å². The molecule has 0 bridgehead atoms. The second kappa shape index (κ2) is 13.0. The summed E-state index contributed by atoms with van der Waals surface area (Å²) in [5.74, 6) is 0. The molecule has 0 saturated carbocycles. The second-order valence-corrected chi connectivity index (χ2v) is 2.27. The maximum absolute atomic E-state index is 11.0. The number of carbonyl (C=O) groups is 1. The zero-order chi connectivity index (χ0) is 9.82. The number of rotatable bonds is 5. The van der Waals surface area contributed by atoms with Crippen LogP contribution in [0.5, 0.6) is 0 Å². The molecule has 0 saturated heterocycles. The summed E-state index contributed by atoms with van der Waals surface area (Å²) in [6, 6.07) is 0. The molecule has 0 aromatic rings. The third-order valence-electron chi connectivity index (χ3n) is 1.06. The largest absolute Gasteiger partial charge is 0.353 e. The van der Waals surface area contributed by atoms with E-state index in [2.05, 4.69) is 13.8 Å². The van der Waals surface area contributed by atoms with Crippen molar-refractivity contribution in [1.29, 1.82) is 0 Å². The summed E-state index contributed by atoms with van der Waals surface area (Å²) in [5, 5.41) is 1.82. The predicted octanol–water partition coefficient (Wildman–Crippen LogP) is 2.19. The summed E-state index contributed by atoms with van der Waals surface area (Å²) in [6.07, 6.45) is 1.88. The molecule has 0 aliphatic heterocycles. The Bertz CT molecular complexity index is 87.1. The van der Waals surface area contributed by atoms with Gasteiger partial charge < -0.3 is 5.32 Å². The fraction of sp³-hybridized carbons (Fsp3) is 0.875. The molecule has 0 spiro atoms. The second-order valence-electron chi connectivity index (χ2n) is 2.27. The van der Waals surface area contributed by atoms with Gasteiger partial charge in [0.25, 0.3) is 6.43 Å². The van der Waals surface area contributed by atoms with E-state index in [0.29, 0.717) is 0 Å². The quantitative estimate of drug-likeness (QED) is 0.647. The van der Waals surface area contributed by atoms with Gasteiger partial charge in [-0.3, -0.25) is 4.79 Å². The zero-order valence-corrected chi connectivity index (χ0v) is 7.65. The first kappa shape index (κ1) is 13.9. The Morgan fingerprint density at radius 3 is 1.92 bits per heavy atom. The molecule has 2 nitrogen and oxygen atoms in total. The maximum Gasteiger partial charge on any atom is 0.255 e. The van der Waals surface area contributed by atoms with Crippen LogP contribution in [0.1, 0.15) is 33.1 Å². The van der Waals surface area contributed by atoms with Gasteiger partial charge in [0.05, 0.1) is 6.54 Å². The maximum atomic E-state index is 11.0. The van der Waals surface area contributed by atoms with Crippen molar-refractivity contribution in [2.75, 3.05) is 6.54 Å². The smallest absolute Gasteiger partial charge is 0.255 e. The standard InChI is InChI=1S/C5H12.C3H5F2NO/c1-3-5-4-2;4-3(5)1-6-2-7/h3-5H2,1-2H3;2-3H,1H2,(H,6,7). The van der Waals surface area contributed by atoms with Gasteiger partial charge in [-0.25, -0.2) is 8.78 Å². The van der Waals surface area contributed by atoms with Gasteiger partial charge in [0.2, 0.25) is 6.41 Å². The van der Waals surface area contributed by atoms with Gasteiger partial charge in [0.15, 0.2) is 0 Å². The molecular weight excluding hydrogens is 164 g/mol. The molecule has 0 unspecified atom stereocenters. The van der Waals surface area contributed by atoms with Crippen LogP contribution in [0.3, 0.4) is 0 Å². The van der Waals surface area contributed by atoms with Crippen molar-refractivity contribution >= 4 is 6.41 Å². The first-order valence-electron chi connectivity index (χ1n) is 4.14. The normalized spacial score (nSPS) is 8.75. The van der Waals surface area contributed by atoms with Crippen molar-refractivity contribution < 1.29 is 13.6 Å². The molecule has 0 aromatic heterocycles. The first-order valence-corrected chi connectivity index (χ1v) is 4.14. The monoisotopic (exact) mass is 181 g/mol. The van der Waals surface area contributed by atoms with Crippen molar-refractivity contribution in [3.63, 3.8) is 0 Å². The van der Waals surface area contributed by atoms with Crippen LogP contribution in [0.15, 0.2) is 0 Å². The summed E-state index contributed by atoms with van der Waals surface area (Å²) in [4.78, 5) is 9.26. The number of halogens is 2. The molecule has 0 heterocycles. The highest BCUT2D eigenvalue weighted by Gasteiger charge is 1.96. The van der Waals surface area contributed by atoms with E-state index in [1.54, 1.807) is 0 Å². The van der Waals surface area contributed by atoms with Crippen molar-refractivity contribution in [2.45, 2.75) is 39.5 Å². The Morgan fingerprint density at radius 1 is 1.33 bits per heavy atom. The lowest BCUT2D eigenvalue weighted by atomic mass is 10.3. The van der Waals surface area contributed by atoms with Gasteiger partial charge in [0.1, 0.15) is 0 Å². The topological polar surface area (TPSA) is 29.1 Å². The molecular formula is C8H17F2NO. The fourth-order valence-electron chi connectivity index (χ4n) is 0.491. The van der Waals surface area contributed by atoms with Crippen LogP contribution >= 0.6 is 0 Å². The molecule has 74 valence electrons. The van der Waals surface area contributed by atoms with Crippen LogP contribution in [0.25, 0.3) is 0 Å². The van der Waals surface area contributed by atoms with Crippen molar-refractivity contribution in [2.24, 2.45) is 0 Å². The molecule has 1 N–H and O–H groups in total. The van der Waals surface area contributed by atoms with Crippen LogP contribution in [0.4, 0.5) is 8.78 Å². The van der Waals surface area contributed by atoms with Crippen LogP contribution in [0, 0.1) is 0 Å². The van der Waals surface area contributed by atoms with E-state index < -0.39 is 13.0 Å². The third kappa shape index (κ3) is 22.8. The molecule has 1 amide bonds. The minimum Gasteiger partial charge on any atom is -0.353 e. The fourth-order valence-corrected chi connectivity index (χ4v) is 0.491. The molecule has 0 atom stereocenters. The van der Waals surface area contributed by atoms with Gasteiger partial charge in [-0.15, -0.1) is 0 Å². The van der Waals surface area contributed by atoms with E-state index in [1.165, 1.54) is 19.3 Å². The lowest BCUT2D eigenvalue weighted by Crippen LogP contribution is -2.18. The van der Waals surface area contributed by atoms with E-state index >= 15 is 0 Å². The zero-order valence-electron chi connectivity index (χ0n) is 7.65. The molecule has 4 heteroatoms. The average molecular weight is 181 g/mol. The molecule has 0 aliphatic carbocycles. The number of carbonyl (C=O) groups excluding carboxylic acids is 1. The van der Waals surface area contributed by atoms with Gasteiger partial charge in [-0.05, 0) is 0 Å². The van der Waals surface area contributed by atoms with E-state index in [1.807, 2.05) is 5.32 Å².